The van der Waals surface area contributed by atoms with Gasteiger partial charge in [0.05, 0.1) is 13.2 Å². The summed E-state index contributed by atoms with van der Waals surface area (Å²) in [7, 11) is -10.1. The summed E-state index contributed by atoms with van der Waals surface area (Å²) in [6.45, 7) is 4.11. The quantitative estimate of drug-likeness (QED) is 0.246. The zero-order chi connectivity index (χ0) is 27.1. The summed E-state index contributed by atoms with van der Waals surface area (Å²) < 4.78 is 81.8. The number of ether oxygens (including phenoxy) is 2. The number of hydrogen-bond acceptors (Lipinski definition) is 6. The van der Waals surface area contributed by atoms with Crippen LogP contribution in [0.15, 0.2) is 35.2 Å². The number of carbonyl (C=O) groups is 1. The molecule has 0 saturated carbocycles. The second kappa shape index (κ2) is 8.97. The lowest BCUT2D eigenvalue weighted by atomic mass is 10.1. The van der Waals surface area contributed by atoms with Crippen LogP contribution in [0.3, 0.4) is 0 Å². The Labute approximate surface area is 209 Å². The van der Waals surface area contributed by atoms with E-state index in [0.29, 0.717) is 6.07 Å². The van der Waals surface area contributed by atoms with Crippen molar-refractivity contribution >= 4 is 27.3 Å². The molecule has 3 heterocycles. The SMILES string of the molecule is CCC(CC)Oc1ccc2n(n1)c(=N)[n-][n+]2CC(=O)c1cc(N2CCOCC2)cc(S(F)(F)(F)(F)F)c1. The fourth-order valence-corrected chi connectivity index (χ4v) is 4.66. The number of benzene rings is 1. The maximum atomic E-state index is 13.7. The summed E-state index contributed by atoms with van der Waals surface area (Å²) in [5.41, 5.74) is -0.836. The Morgan fingerprint density at radius 1 is 1.16 bits per heavy atom. The zero-order valence-corrected chi connectivity index (χ0v) is 21.0. The molecule has 0 radical (unpaired) electrons. The maximum Gasteiger partial charge on any atom is 0.317 e. The average molecular weight is 551 g/mol. The number of aromatic nitrogens is 4. The number of fused-ring (bicyclic) bond motifs is 1. The van der Waals surface area contributed by atoms with Crippen LogP contribution in [-0.4, -0.2) is 47.8 Å². The van der Waals surface area contributed by atoms with Gasteiger partial charge in [0.1, 0.15) is 11.0 Å². The smallest absolute Gasteiger partial charge is 0.317 e. The van der Waals surface area contributed by atoms with Crippen molar-refractivity contribution in [2.45, 2.75) is 44.2 Å². The fourth-order valence-electron chi connectivity index (χ4n) is 3.96. The Balaban J connectivity index is 1.69. The summed E-state index contributed by atoms with van der Waals surface area (Å²) in [5.74, 6) is -0.648. The van der Waals surface area contributed by atoms with Crippen LogP contribution in [0.1, 0.15) is 37.0 Å². The van der Waals surface area contributed by atoms with Crippen LogP contribution in [0.25, 0.3) is 5.65 Å². The monoisotopic (exact) mass is 550 g/mol. The molecule has 0 aliphatic carbocycles. The first-order chi connectivity index (χ1) is 17.2. The van der Waals surface area contributed by atoms with Crippen LogP contribution in [0.2, 0.25) is 0 Å². The Hall–Kier alpha value is -3.20. The second-order valence-corrected chi connectivity index (χ2v) is 11.1. The second-order valence-electron chi connectivity index (χ2n) is 8.69. The third-order valence-corrected chi connectivity index (χ3v) is 7.12. The maximum absolute atomic E-state index is 13.7. The van der Waals surface area contributed by atoms with Crippen LogP contribution < -0.4 is 25.0 Å². The Kier molecular flexibility index (Phi) is 6.51. The molecule has 1 aliphatic rings. The van der Waals surface area contributed by atoms with Gasteiger partial charge in [-0.3, -0.25) is 4.79 Å². The molecule has 3 aromatic rings. The predicted molar refractivity (Wildman–Crippen MR) is 125 cm³/mol. The van der Waals surface area contributed by atoms with E-state index in [1.807, 2.05) is 13.8 Å². The number of ketones is 1. The van der Waals surface area contributed by atoms with Crippen LogP contribution in [-0.2, 0) is 11.3 Å². The third kappa shape index (κ3) is 6.04. The van der Waals surface area contributed by atoms with Crippen LogP contribution in [0.4, 0.5) is 25.1 Å². The number of halogens is 5. The molecule has 1 fully saturated rings. The van der Waals surface area contributed by atoms with Gasteiger partial charge >= 0.3 is 15.9 Å². The molecular formula is C22H27F5N6O3S. The number of rotatable bonds is 9. The highest BCUT2D eigenvalue weighted by Gasteiger charge is 2.65. The summed E-state index contributed by atoms with van der Waals surface area (Å²) in [5, 5.41) is 16.2. The van der Waals surface area contributed by atoms with Gasteiger partial charge in [-0.1, -0.05) is 37.8 Å². The van der Waals surface area contributed by atoms with Gasteiger partial charge < -0.3 is 19.8 Å². The molecule has 1 aliphatic heterocycles. The van der Waals surface area contributed by atoms with Gasteiger partial charge in [-0.05, 0) is 36.1 Å². The molecule has 1 N–H and O–H groups in total. The van der Waals surface area contributed by atoms with E-state index in [9.17, 15) is 24.2 Å². The van der Waals surface area contributed by atoms with Crippen molar-refractivity contribution in [2.24, 2.45) is 0 Å². The minimum absolute atomic E-state index is 0.0847. The standard InChI is InChI=1S/C22H27F5N6O3S/c1-3-17(4-2)36-20-5-6-21-32(30-22(28)33(21)29-20)14-19(34)15-11-16(31-7-9-35-10-8-31)13-18(12-15)37(23,24,25,26)27/h5-6,11-13,17,28H,3-4,7-10,14H2,1-2H3. The van der Waals surface area contributed by atoms with E-state index in [0.717, 1.165) is 28.1 Å². The first-order valence-electron chi connectivity index (χ1n) is 11.6. The zero-order valence-electron chi connectivity index (χ0n) is 20.2. The minimum Gasteiger partial charge on any atom is -0.472 e. The lowest BCUT2D eigenvalue weighted by molar-refractivity contribution is -0.721. The Bertz CT molecular complexity index is 1380. The van der Waals surface area contributed by atoms with E-state index in [-0.39, 0.29) is 61.3 Å². The van der Waals surface area contributed by atoms with Crippen LogP contribution in [0.5, 0.6) is 5.88 Å². The van der Waals surface area contributed by atoms with Crippen LogP contribution >= 0.6 is 10.2 Å². The van der Waals surface area contributed by atoms with Crippen molar-refractivity contribution < 1.29 is 38.4 Å². The number of hydrogen-bond donors (Lipinski definition) is 1. The number of anilines is 1. The van der Waals surface area contributed by atoms with E-state index in [1.165, 1.54) is 17.0 Å². The molecule has 0 unspecified atom stereocenters. The van der Waals surface area contributed by atoms with Gasteiger partial charge in [-0.2, -0.15) is 9.78 Å². The minimum atomic E-state index is -10.1. The Morgan fingerprint density at radius 3 is 2.46 bits per heavy atom. The lowest BCUT2D eigenvalue weighted by Crippen LogP contribution is -2.43. The number of nitrogens with one attached hydrogen (secondary N) is 1. The van der Waals surface area contributed by atoms with Crippen molar-refractivity contribution in [3.63, 3.8) is 0 Å². The molecule has 204 valence electrons. The highest BCUT2D eigenvalue weighted by Crippen LogP contribution is 3.02. The first-order valence-corrected chi connectivity index (χ1v) is 13.6. The molecule has 2 aromatic heterocycles. The summed E-state index contributed by atoms with van der Waals surface area (Å²) in [6.07, 6.45) is 1.40. The molecule has 0 spiro atoms. The molecule has 1 aromatic carbocycles. The number of Topliss-reactive ketones (excluding diaryl/α,β-unsaturated/α-hetero) is 1. The highest BCUT2D eigenvalue weighted by molar-refractivity contribution is 8.45. The van der Waals surface area contributed by atoms with Gasteiger partial charge in [-0.15, -0.1) is 0 Å². The average Bonchev–Trinajstić information content (AvgIpc) is 3.15. The molecule has 0 atom stereocenters. The normalized spacial score (nSPS) is 16.6. The van der Waals surface area contributed by atoms with E-state index >= 15 is 0 Å². The van der Waals surface area contributed by atoms with Crippen molar-refractivity contribution in [2.75, 3.05) is 31.2 Å². The molecule has 37 heavy (non-hydrogen) atoms. The van der Waals surface area contributed by atoms with Crippen molar-refractivity contribution in [1.29, 1.82) is 5.41 Å². The van der Waals surface area contributed by atoms with Crippen molar-refractivity contribution in [3.05, 3.63) is 41.5 Å². The van der Waals surface area contributed by atoms with E-state index in [2.05, 4.69) is 10.2 Å². The lowest BCUT2D eigenvalue weighted by Gasteiger charge is -2.41. The van der Waals surface area contributed by atoms with Crippen molar-refractivity contribution in [1.82, 2.24) is 14.7 Å². The Morgan fingerprint density at radius 2 is 1.84 bits per heavy atom. The number of carbonyl (C=O) groups excluding carboxylic acids is 1. The van der Waals surface area contributed by atoms with E-state index in [1.54, 1.807) is 0 Å². The van der Waals surface area contributed by atoms with Gasteiger partial charge in [-0.25, -0.2) is 0 Å². The molecule has 0 amide bonds. The molecule has 15 heteroatoms. The van der Waals surface area contributed by atoms with Gasteiger partial charge in [0.2, 0.25) is 11.4 Å². The van der Waals surface area contributed by atoms with E-state index in [4.69, 9.17) is 14.9 Å². The van der Waals surface area contributed by atoms with Crippen LogP contribution in [0, 0.1) is 5.41 Å². The van der Waals surface area contributed by atoms with Gasteiger partial charge in [0, 0.05) is 36.5 Å². The molecule has 9 nitrogen and oxygen atoms in total. The highest BCUT2D eigenvalue weighted by atomic mass is 32.5. The summed E-state index contributed by atoms with van der Waals surface area (Å²) in [6, 6.07) is 4.74. The van der Waals surface area contributed by atoms with Gasteiger partial charge in [0.25, 0.3) is 5.88 Å². The topological polar surface area (TPSA) is 97.9 Å². The predicted octanol–water partition coefficient (Wildman–Crippen LogP) is 4.00. The molecule has 1 saturated heterocycles. The molecule has 0 bridgehead atoms. The number of morpholine rings is 1. The van der Waals surface area contributed by atoms with Gasteiger partial charge in [0.15, 0.2) is 6.54 Å². The largest absolute Gasteiger partial charge is 0.472 e. The molecule has 4 rings (SSSR count). The number of nitrogens with zero attached hydrogens (tertiary/aromatic N) is 5. The summed E-state index contributed by atoms with van der Waals surface area (Å²) in [4.78, 5) is 12.4. The molecular weight excluding hydrogens is 523 g/mol. The fraction of sp³-hybridized carbons (Fsp3) is 0.455. The first kappa shape index (κ1) is 26.9. The van der Waals surface area contributed by atoms with E-state index < -0.39 is 33.0 Å². The third-order valence-electron chi connectivity index (χ3n) is 6.00. The summed E-state index contributed by atoms with van der Waals surface area (Å²) >= 11 is 0. The van der Waals surface area contributed by atoms with Crippen molar-refractivity contribution in [3.8, 4) is 5.88 Å².